The van der Waals surface area contributed by atoms with Gasteiger partial charge in [-0.1, -0.05) is 34.2 Å². The summed E-state index contributed by atoms with van der Waals surface area (Å²) in [4.78, 5) is 8.33. The number of benzene rings is 1. The van der Waals surface area contributed by atoms with E-state index < -0.39 is 0 Å². The lowest BCUT2D eigenvalue weighted by Crippen LogP contribution is -2.13. The first kappa shape index (κ1) is 14.7. The van der Waals surface area contributed by atoms with Gasteiger partial charge in [0.05, 0.1) is 12.8 Å². The van der Waals surface area contributed by atoms with E-state index in [4.69, 9.17) is 12.2 Å². The van der Waals surface area contributed by atoms with Crippen LogP contribution >= 0.6 is 28.1 Å². The minimum absolute atomic E-state index is 0.554. The molecule has 0 amide bonds. The summed E-state index contributed by atoms with van der Waals surface area (Å²) in [6.07, 6.45) is 5.22. The van der Waals surface area contributed by atoms with E-state index in [9.17, 15) is 0 Å². The van der Waals surface area contributed by atoms with Gasteiger partial charge in [-0.25, -0.2) is 9.97 Å². The lowest BCUT2D eigenvalue weighted by Gasteiger charge is -2.11. The highest BCUT2D eigenvalue weighted by atomic mass is 79.9. The molecule has 1 aromatic heterocycles. The van der Waals surface area contributed by atoms with Crippen molar-refractivity contribution in [3.8, 4) is 0 Å². The van der Waals surface area contributed by atoms with Gasteiger partial charge in [-0.05, 0) is 23.8 Å². The number of hydrogen-bond donors (Lipinski definition) is 0. The minimum atomic E-state index is 0.554. The fourth-order valence-electron chi connectivity index (χ4n) is 1.58. The molecule has 0 aliphatic rings. The van der Waals surface area contributed by atoms with Gasteiger partial charge < -0.3 is 0 Å². The summed E-state index contributed by atoms with van der Waals surface area (Å²) in [6.45, 7) is 0.554. The number of nitrogens with zero attached hydrogens (tertiary/aromatic N) is 4. The van der Waals surface area contributed by atoms with E-state index >= 15 is 0 Å². The molecule has 1 heterocycles. The molecule has 0 atom stereocenters. The molecule has 0 aliphatic heterocycles. The smallest absolute Gasteiger partial charge is 0.149 e. The molecule has 0 unspecified atom stereocenters. The van der Waals surface area contributed by atoms with Crippen molar-refractivity contribution in [1.82, 2.24) is 15.0 Å². The SMILES string of the molecule is CN(Cc1ncccn1)/N=C\c1cc(Br)ccc1C=S. The van der Waals surface area contributed by atoms with Crippen LogP contribution in [-0.4, -0.2) is 33.6 Å². The lowest BCUT2D eigenvalue weighted by atomic mass is 10.1. The zero-order valence-electron chi connectivity index (χ0n) is 10.9. The third-order valence-corrected chi connectivity index (χ3v) is 3.31. The molecule has 0 saturated heterocycles. The number of aromatic nitrogens is 2. The first-order chi connectivity index (χ1) is 9.69. The van der Waals surface area contributed by atoms with Gasteiger partial charge in [-0.15, -0.1) is 0 Å². The van der Waals surface area contributed by atoms with Crippen LogP contribution in [0.5, 0.6) is 0 Å². The van der Waals surface area contributed by atoms with Gasteiger partial charge in [0.2, 0.25) is 0 Å². The van der Waals surface area contributed by atoms with Crippen molar-refractivity contribution < 1.29 is 0 Å². The molecule has 6 heteroatoms. The number of thiocarbonyl (C=S) groups is 1. The summed E-state index contributed by atoms with van der Waals surface area (Å²) < 4.78 is 0.994. The Bertz CT molecular complexity index is 616. The first-order valence-electron chi connectivity index (χ1n) is 5.95. The van der Waals surface area contributed by atoms with Crippen LogP contribution in [0.4, 0.5) is 0 Å². The second-order valence-corrected chi connectivity index (χ2v) is 5.27. The molecular weight excluding hydrogens is 336 g/mol. The second-order valence-electron chi connectivity index (χ2n) is 4.12. The predicted molar refractivity (Wildman–Crippen MR) is 88.0 cm³/mol. The minimum Gasteiger partial charge on any atom is -0.292 e. The molecule has 0 N–H and O–H groups in total. The Hall–Kier alpha value is -1.66. The zero-order chi connectivity index (χ0) is 14.4. The number of rotatable bonds is 5. The summed E-state index contributed by atoms with van der Waals surface area (Å²) in [6, 6.07) is 7.68. The second kappa shape index (κ2) is 7.21. The van der Waals surface area contributed by atoms with Crippen LogP contribution < -0.4 is 0 Å². The molecule has 4 nitrogen and oxygen atoms in total. The van der Waals surface area contributed by atoms with E-state index in [1.54, 1.807) is 35.1 Å². The van der Waals surface area contributed by atoms with Gasteiger partial charge in [0.15, 0.2) is 0 Å². The molecule has 0 spiro atoms. The molecule has 0 aliphatic carbocycles. The van der Waals surface area contributed by atoms with E-state index in [2.05, 4.69) is 31.0 Å². The maximum Gasteiger partial charge on any atom is 0.149 e. The Kier molecular flexibility index (Phi) is 5.31. The number of hydrazone groups is 1. The van der Waals surface area contributed by atoms with Crippen molar-refractivity contribution in [2.75, 3.05) is 7.05 Å². The van der Waals surface area contributed by atoms with Crippen LogP contribution in [0.2, 0.25) is 0 Å². The lowest BCUT2D eigenvalue weighted by molar-refractivity contribution is 0.339. The molecule has 0 saturated carbocycles. The average molecular weight is 349 g/mol. The Morgan fingerprint density at radius 1 is 1.30 bits per heavy atom. The topological polar surface area (TPSA) is 41.4 Å². The Morgan fingerprint density at radius 2 is 2.05 bits per heavy atom. The predicted octanol–water partition coefficient (Wildman–Crippen LogP) is 3.05. The Balaban J connectivity index is 2.09. The van der Waals surface area contributed by atoms with Crippen molar-refractivity contribution in [3.05, 3.63) is 58.1 Å². The Labute approximate surface area is 131 Å². The normalized spacial score (nSPS) is 10.7. The fourth-order valence-corrected chi connectivity index (χ4v) is 2.18. The van der Waals surface area contributed by atoms with Gasteiger partial charge >= 0.3 is 0 Å². The molecule has 102 valence electrons. The summed E-state index contributed by atoms with van der Waals surface area (Å²) >= 11 is 8.44. The Morgan fingerprint density at radius 3 is 2.75 bits per heavy atom. The van der Waals surface area contributed by atoms with Gasteiger partial charge in [-0.3, -0.25) is 5.01 Å². The van der Waals surface area contributed by atoms with Crippen molar-refractivity contribution in [2.24, 2.45) is 5.10 Å². The van der Waals surface area contributed by atoms with Gasteiger partial charge in [-0.2, -0.15) is 5.10 Å². The van der Waals surface area contributed by atoms with Crippen LogP contribution in [0.1, 0.15) is 17.0 Å². The van der Waals surface area contributed by atoms with Crippen molar-refractivity contribution >= 4 is 39.7 Å². The largest absolute Gasteiger partial charge is 0.292 e. The maximum atomic E-state index is 5.00. The molecule has 0 fully saturated rings. The van der Waals surface area contributed by atoms with E-state index in [0.717, 1.165) is 21.4 Å². The molecule has 2 aromatic rings. The third kappa shape index (κ3) is 4.18. The van der Waals surface area contributed by atoms with Gasteiger partial charge in [0.1, 0.15) is 5.82 Å². The highest BCUT2D eigenvalue weighted by molar-refractivity contribution is 9.10. The van der Waals surface area contributed by atoms with E-state index in [0.29, 0.717) is 6.54 Å². The van der Waals surface area contributed by atoms with E-state index in [1.165, 1.54) is 0 Å². The summed E-state index contributed by atoms with van der Waals surface area (Å²) in [5.74, 6) is 0.733. The highest BCUT2D eigenvalue weighted by Crippen LogP contribution is 2.14. The van der Waals surface area contributed by atoms with Gasteiger partial charge in [0.25, 0.3) is 0 Å². The monoisotopic (exact) mass is 348 g/mol. The van der Waals surface area contributed by atoms with Crippen molar-refractivity contribution in [3.63, 3.8) is 0 Å². The van der Waals surface area contributed by atoms with E-state index in [1.807, 2.05) is 25.2 Å². The number of halogens is 1. The molecule has 0 radical (unpaired) electrons. The maximum absolute atomic E-state index is 5.00. The number of hydrogen-bond acceptors (Lipinski definition) is 5. The van der Waals surface area contributed by atoms with Crippen LogP contribution in [-0.2, 0) is 6.54 Å². The van der Waals surface area contributed by atoms with Crippen LogP contribution in [0, 0.1) is 0 Å². The third-order valence-electron chi connectivity index (χ3n) is 2.56. The summed E-state index contributed by atoms with van der Waals surface area (Å²) in [7, 11) is 1.88. The molecule has 20 heavy (non-hydrogen) atoms. The average Bonchev–Trinajstić information content (AvgIpc) is 2.46. The fraction of sp³-hybridized carbons (Fsp3) is 0.143. The van der Waals surface area contributed by atoms with Crippen LogP contribution in [0.15, 0.2) is 46.2 Å². The molecular formula is C14H13BrN4S. The van der Waals surface area contributed by atoms with Crippen molar-refractivity contribution in [2.45, 2.75) is 6.54 Å². The molecule has 2 rings (SSSR count). The molecule has 0 bridgehead atoms. The molecule has 1 aromatic carbocycles. The standard InChI is InChI=1S/C14H13BrN4S/c1-19(9-14-16-5-2-6-17-14)18-8-12-7-13(15)4-3-11(12)10-20/h2-8,10H,9H2,1H3/b18-8-. The van der Waals surface area contributed by atoms with Crippen molar-refractivity contribution in [1.29, 1.82) is 0 Å². The summed E-state index contributed by atoms with van der Waals surface area (Å²) in [5, 5.41) is 7.81. The van der Waals surface area contributed by atoms with Gasteiger partial charge in [0, 0.05) is 34.8 Å². The first-order valence-corrected chi connectivity index (χ1v) is 7.21. The van der Waals surface area contributed by atoms with Crippen LogP contribution in [0.3, 0.4) is 0 Å². The quantitative estimate of drug-likeness (QED) is 0.473. The van der Waals surface area contributed by atoms with Crippen LogP contribution in [0.25, 0.3) is 0 Å². The zero-order valence-corrected chi connectivity index (χ0v) is 13.3. The highest BCUT2D eigenvalue weighted by Gasteiger charge is 2.01. The summed E-state index contributed by atoms with van der Waals surface area (Å²) in [5.41, 5.74) is 1.94. The van der Waals surface area contributed by atoms with E-state index in [-0.39, 0.29) is 0 Å².